The van der Waals surface area contributed by atoms with Gasteiger partial charge in [-0.05, 0) is 37.4 Å². The quantitative estimate of drug-likeness (QED) is 0.503. The van der Waals surface area contributed by atoms with Gasteiger partial charge in [-0.1, -0.05) is 24.3 Å². The first-order valence-electron chi connectivity index (χ1n) is 9.90. The van der Waals surface area contributed by atoms with Crippen LogP contribution in [0.3, 0.4) is 0 Å². The van der Waals surface area contributed by atoms with Gasteiger partial charge in [0.1, 0.15) is 0 Å². The van der Waals surface area contributed by atoms with Crippen LogP contribution in [0.15, 0.2) is 54.0 Å². The second-order valence-corrected chi connectivity index (χ2v) is 8.45. The van der Waals surface area contributed by atoms with Crippen molar-refractivity contribution in [3.05, 3.63) is 82.3 Å². The highest BCUT2D eigenvalue weighted by Gasteiger charge is 2.22. The van der Waals surface area contributed by atoms with Gasteiger partial charge in [0.25, 0.3) is 0 Å². The molecule has 0 bridgehead atoms. The third kappa shape index (κ3) is 3.50. The number of thiophene rings is 1. The zero-order valence-electron chi connectivity index (χ0n) is 16.7. The zero-order chi connectivity index (χ0) is 19.8. The number of nitrogens with zero attached hydrogens (tertiary/aromatic N) is 5. The molecule has 1 aliphatic heterocycles. The molecule has 0 amide bonds. The van der Waals surface area contributed by atoms with Crippen LogP contribution in [0.25, 0.3) is 16.4 Å². The van der Waals surface area contributed by atoms with Crippen LogP contribution in [0.1, 0.15) is 28.2 Å². The van der Waals surface area contributed by atoms with Crippen LogP contribution in [0, 0.1) is 13.8 Å². The average molecular weight is 402 g/mol. The van der Waals surface area contributed by atoms with E-state index in [4.69, 9.17) is 10.1 Å². The van der Waals surface area contributed by atoms with Gasteiger partial charge in [-0.3, -0.25) is 4.90 Å². The van der Waals surface area contributed by atoms with Crippen molar-refractivity contribution < 1.29 is 0 Å². The fraction of sp³-hybridized carbons (Fsp3) is 0.261. The Labute approximate surface area is 174 Å². The van der Waals surface area contributed by atoms with Crippen LogP contribution in [0.4, 0.5) is 0 Å². The molecule has 0 spiro atoms. The Morgan fingerprint density at radius 3 is 2.72 bits per heavy atom. The fourth-order valence-corrected chi connectivity index (χ4v) is 4.65. The summed E-state index contributed by atoms with van der Waals surface area (Å²) in [6.45, 7) is 7.06. The van der Waals surface area contributed by atoms with Crippen LogP contribution >= 0.6 is 11.3 Å². The number of benzene rings is 1. The molecule has 0 unspecified atom stereocenters. The molecule has 4 aromatic rings. The number of fused-ring (bicyclic) bond motifs is 1. The minimum absolute atomic E-state index is 0.850. The number of hydrogen-bond donors (Lipinski definition) is 0. The van der Waals surface area contributed by atoms with Crippen molar-refractivity contribution in [2.24, 2.45) is 0 Å². The number of para-hydroxylation sites is 1. The van der Waals surface area contributed by atoms with Gasteiger partial charge < -0.3 is 0 Å². The summed E-state index contributed by atoms with van der Waals surface area (Å²) in [5, 5.41) is 6.87. The Morgan fingerprint density at radius 2 is 1.93 bits per heavy atom. The van der Waals surface area contributed by atoms with E-state index < -0.39 is 0 Å². The van der Waals surface area contributed by atoms with Crippen LogP contribution < -0.4 is 0 Å². The van der Waals surface area contributed by atoms with E-state index in [2.05, 4.69) is 64.1 Å². The highest BCUT2D eigenvalue weighted by molar-refractivity contribution is 7.13. The third-order valence-corrected chi connectivity index (χ3v) is 6.44. The maximum Gasteiger partial charge on any atom is 0.169 e. The molecule has 146 valence electrons. The third-order valence-electron chi connectivity index (χ3n) is 5.58. The first-order valence-corrected chi connectivity index (χ1v) is 10.8. The number of aromatic nitrogens is 4. The van der Waals surface area contributed by atoms with Crippen molar-refractivity contribution in [1.29, 1.82) is 0 Å². The summed E-state index contributed by atoms with van der Waals surface area (Å²) < 4.78 is 2.05. The van der Waals surface area contributed by atoms with Gasteiger partial charge >= 0.3 is 0 Å². The van der Waals surface area contributed by atoms with Crippen LogP contribution in [-0.2, 0) is 19.5 Å². The molecule has 0 aliphatic carbocycles. The Bertz CT molecular complexity index is 1130. The van der Waals surface area contributed by atoms with E-state index in [1.165, 1.54) is 22.5 Å². The second-order valence-electron chi connectivity index (χ2n) is 7.50. The molecule has 29 heavy (non-hydrogen) atoms. The lowest BCUT2D eigenvalue weighted by molar-refractivity contribution is 0.242. The summed E-state index contributed by atoms with van der Waals surface area (Å²) in [5.41, 5.74) is 7.16. The van der Waals surface area contributed by atoms with Crippen LogP contribution in [-0.4, -0.2) is 31.2 Å². The standard InChI is InChI=1S/C23H23N5S/c1-16-20(17(2)28(26-16)19-7-4-3-5-8-19)15-27-11-10-21-18(14-27)13-24-23(25-21)22-9-6-12-29-22/h3-9,12-13H,10-11,14-15H2,1-2H3. The topological polar surface area (TPSA) is 46.8 Å². The molecule has 1 aromatic carbocycles. The predicted octanol–water partition coefficient (Wildman–Crippen LogP) is 4.57. The molecule has 0 atom stereocenters. The van der Waals surface area contributed by atoms with Gasteiger partial charge in [-0.25, -0.2) is 14.6 Å². The summed E-state index contributed by atoms with van der Waals surface area (Å²) in [6.07, 6.45) is 2.97. The molecule has 5 nitrogen and oxygen atoms in total. The normalized spacial score (nSPS) is 14.1. The molecular formula is C23H23N5S. The number of hydrogen-bond acceptors (Lipinski definition) is 5. The molecular weight excluding hydrogens is 378 g/mol. The first kappa shape index (κ1) is 18.2. The molecule has 1 aliphatic rings. The minimum Gasteiger partial charge on any atom is -0.294 e. The molecule has 6 heteroatoms. The summed E-state index contributed by atoms with van der Waals surface area (Å²) in [7, 11) is 0. The maximum atomic E-state index is 4.83. The number of aryl methyl sites for hydroxylation is 1. The summed E-state index contributed by atoms with van der Waals surface area (Å²) in [5.74, 6) is 0.850. The zero-order valence-corrected chi connectivity index (χ0v) is 17.5. The summed E-state index contributed by atoms with van der Waals surface area (Å²) in [6, 6.07) is 14.5. The molecule has 3 aromatic heterocycles. The Morgan fingerprint density at radius 1 is 1.07 bits per heavy atom. The van der Waals surface area contributed by atoms with Crippen molar-refractivity contribution in [3.8, 4) is 16.4 Å². The maximum absolute atomic E-state index is 4.83. The van der Waals surface area contributed by atoms with E-state index in [1.54, 1.807) is 11.3 Å². The van der Waals surface area contributed by atoms with Gasteiger partial charge in [0.15, 0.2) is 5.82 Å². The van der Waals surface area contributed by atoms with Crippen molar-refractivity contribution in [3.63, 3.8) is 0 Å². The van der Waals surface area contributed by atoms with E-state index in [-0.39, 0.29) is 0 Å². The van der Waals surface area contributed by atoms with E-state index >= 15 is 0 Å². The minimum atomic E-state index is 0.850. The Kier molecular flexibility index (Phi) is 4.73. The van der Waals surface area contributed by atoms with Gasteiger partial charge in [0.2, 0.25) is 0 Å². The van der Waals surface area contributed by atoms with Crippen molar-refractivity contribution >= 4 is 11.3 Å². The molecule has 0 fully saturated rings. The molecule has 0 saturated heterocycles. The smallest absolute Gasteiger partial charge is 0.169 e. The molecule has 5 rings (SSSR count). The van der Waals surface area contributed by atoms with E-state index in [9.17, 15) is 0 Å². The Balaban J connectivity index is 1.36. The lowest BCUT2D eigenvalue weighted by Gasteiger charge is -2.28. The highest BCUT2D eigenvalue weighted by atomic mass is 32.1. The van der Waals surface area contributed by atoms with Crippen LogP contribution in [0.2, 0.25) is 0 Å². The van der Waals surface area contributed by atoms with Gasteiger partial charge in [-0.2, -0.15) is 5.10 Å². The average Bonchev–Trinajstić information content (AvgIpc) is 3.38. The van der Waals surface area contributed by atoms with Crippen molar-refractivity contribution in [2.45, 2.75) is 33.4 Å². The predicted molar refractivity (Wildman–Crippen MR) is 116 cm³/mol. The van der Waals surface area contributed by atoms with E-state index in [1.807, 2.05) is 18.3 Å². The van der Waals surface area contributed by atoms with Crippen molar-refractivity contribution in [2.75, 3.05) is 6.54 Å². The van der Waals surface area contributed by atoms with Gasteiger partial charge in [0.05, 0.1) is 22.0 Å². The second kappa shape index (κ2) is 7.54. The van der Waals surface area contributed by atoms with Crippen molar-refractivity contribution in [1.82, 2.24) is 24.6 Å². The Hall–Kier alpha value is -2.83. The SMILES string of the molecule is Cc1nn(-c2ccccc2)c(C)c1CN1CCc2nc(-c3cccs3)ncc2C1. The summed E-state index contributed by atoms with van der Waals surface area (Å²) >= 11 is 1.69. The molecule has 0 N–H and O–H groups in total. The highest BCUT2D eigenvalue weighted by Crippen LogP contribution is 2.26. The fourth-order valence-electron chi connectivity index (χ4n) is 3.98. The van der Waals surface area contributed by atoms with Crippen LogP contribution in [0.5, 0.6) is 0 Å². The number of rotatable bonds is 4. The van der Waals surface area contributed by atoms with E-state index in [0.29, 0.717) is 0 Å². The van der Waals surface area contributed by atoms with Gasteiger partial charge in [-0.15, -0.1) is 11.3 Å². The first-order chi connectivity index (χ1) is 14.2. The van der Waals surface area contributed by atoms with Gasteiger partial charge in [0, 0.05) is 49.1 Å². The lowest BCUT2D eigenvalue weighted by atomic mass is 10.1. The molecule has 0 saturated carbocycles. The van der Waals surface area contributed by atoms with E-state index in [0.717, 1.165) is 48.1 Å². The summed E-state index contributed by atoms with van der Waals surface area (Å²) in [4.78, 5) is 13.1. The molecule has 4 heterocycles. The largest absolute Gasteiger partial charge is 0.294 e. The lowest BCUT2D eigenvalue weighted by Crippen LogP contribution is -2.31. The monoisotopic (exact) mass is 401 g/mol. The molecule has 0 radical (unpaired) electrons.